The van der Waals surface area contributed by atoms with Crippen molar-refractivity contribution in [3.8, 4) is 22.2 Å². The number of hydrogen-bond donors (Lipinski definition) is 1. The van der Waals surface area contributed by atoms with Crippen molar-refractivity contribution in [2.24, 2.45) is 0 Å². The zero-order chi connectivity index (χ0) is 19.3. The van der Waals surface area contributed by atoms with E-state index >= 15 is 0 Å². The zero-order valence-electron chi connectivity index (χ0n) is 15.0. The van der Waals surface area contributed by atoms with E-state index in [0.29, 0.717) is 57.8 Å². The van der Waals surface area contributed by atoms with E-state index in [4.69, 9.17) is 14.0 Å². The van der Waals surface area contributed by atoms with Crippen molar-refractivity contribution in [1.29, 1.82) is 0 Å². The van der Waals surface area contributed by atoms with Crippen LogP contribution >= 0.6 is 11.3 Å². The SMILES string of the molecule is Cc1sc(-c2noc(C3CC3)n2)cc1S(=O)(=O)Nc1ccc2c(c1)OCCO2. The molecule has 0 unspecified atom stereocenters. The predicted molar refractivity (Wildman–Crippen MR) is 103 cm³/mol. The maximum atomic E-state index is 12.9. The van der Waals surface area contributed by atoms with Crippen LogP contribution < -0.4 is 14.2 Å². The normalized spacial score (nSPS) is 16.2. The molecule has 8 nitrogen and oxygen atoms in total. The average Bonchev–Trinajstić information content (AvgIpc) is 3.26. The Hall–Kier alpha value is -2.59. The van der Waals surface area contributed by atoms with Gasteiger partial charge in [-0.2, -0.15) is 4.98 Å². The maximum Gasteiger partial charge on any atom is 0.263 e. The molecule has 1 aliphatic heterocycles. The highest BCUT2D eigenvalue weighted by molar-refractivity contribution is 7.93. The topological polar surface area (TPSA) is 104 Å². The summed E-state index contributed by atoms with van der Waals surface area (Å²) in [6, 6.07) is 6.55. The molecule has 0 bridgehead atoms. The number of rotatable bonds is 5. The summed E-state index contributed by atoms with van der Waals surface area (Å²) in [6.45, 7) is 2.67. The number of hydrogen-bond acceptors (Lipinski definition) is 8. The van der Waals surface area contributed by atoms with Gasteiger partial charge in [-0.25, -0.2) is 8.42 Å². The largest absolute Gasteiger partial charge is 0.486 e. The summed E-state index contributed by atoms with van der Waals surface area (Å²) in [5.74, 6) is 2.53. The smallest absolute Gasteiger partial charge is 0.263 e. The lowest BCUT2D eigenvalue weighted by atomic mass is 10.3. The van der Waals surface area contributed by atoms with Crippen LogP contribution in [0.5, 0.6) is 11.5 Å². The Morgan fingerprint density at radius 2 is 1.93 bits per heavy atom. The van der Waals surface area contributed by atoms with Crippen molar-refractivity contribution in [3.63, 3.8) is 0 Å². The lowest BCUT2D eigenvalue weighted by Gasteiger charge is -2.19. The summed E-state index contributed by atoms with van der Waals surface area (Å²) in [5.41, 5.74) is 0.409. The fourth-order valence-electron chi connectivity index (χ4n) is 2.99. The summed E-state index contributed by atoms with van der Waals surface area (Å²) in [4.78, 5) is 5.91. The van der Waals surface area contributed by atoms with E-state index in [9.17, 15) is 8.42 Å². The van der Waals surface area contributed by atoms with E-state index in [1.807, 2.05) is 0 Å². The quantitative estimate of drug-likeness (QED) is 0.674. The van der Waals surface area contributed by atoms with Gasteiger partial charge in [-0.3, -0.25) is 4.72 Å². The molecule has 1 fully saturated rings. The number of benzene rings is 1. The fourth-order valence-corrected chi connectivity index (χ4v) is 5.56. The molecule has 3 heterocycles. The van der Waals surface area contributed by atoms with Gasteiger partial charge < -0.3 is 14.0 Å². The number of anilines is 1. The molecule has 28 heavy (non-hydrogen) atoms. The first kappa shape index (κ1) is 17.5. The van der Waals surface area contributed by atoms with Crippen LogP contribution in [0.3, 0.4) is 0 Å². The molecule has 3 aromatic rings. The molecule has 10 heteroatoms. The van der Waals surface area contributed by atoms with E-state index in [1.165, 1.54) is 11.3 Å². The molecule has 0 amide bonds. The molecule has 1 N–H and O–H groups in total. The van der Waals surface area contributed by atoms with Crippen LogP contribution in [0.25, 0.3) is 10.7 Å². The summed E-state index contributed by atoms with van der Waals surface area (Å²) in [5, 5.41) is 4.00. The molecule has 0 saturated heterocycles. The zero-order valence-corrected chi connectivity index (χ0v) is 16.6. The second-order valence-corrected chi connectivity index (χ2v) is 9.63. The van der Waals surface area contributed by atoms with Gasteiger partial charge in [-0.15, -0.1) is 11.3 Å². The third-order valence-corrected chi connectivity index (χ3v) is 7.23. The highest BCUT2D eigenvalue weighted by Crippen LogP contribution is 2.41. The number of fused-ring (bicyclic) bond motifs is 1. The molecule has 1 aromatic carbocycles. The second-order valence-electron chi connectivity index (χ2n) is 6.73. The molecule has 0 atom stereocenters. The van der Waals surface area contributed by atoms with Gasteiger partial charge in [0.05, 0.1) is 10.6 Å². The summed E-state index contributed by atoms with van der Waals surface area (Å²) in [7, 11) is -3.78. The Bertz CT molecular complexity index is 1150. The van der Waals surface area contributed by atoms with Gasteiger partial charge >= 0.3 is 0 Å². The van der Waals surface area contributed by atoms with Crippen molar-refractivity contribution >= 4 is 27.0 Å². The van der Waals surface area contributed by atoms with Crippen LogP contribution in [0.2, 0.25) is 0 Å². The van der Waals surface area contributed by atoms with Crippen molar-refractivity contribution in [3.05, 3.63) is 35.0 Å². The monoisotopic (exact) mass is 419 g/mol. The molecule has 1 saturated carbocycles. The molecule has 146 valence electrons. The van der Waals surface area contributed by atoms with Crippen LogP contribution in [-0.4, -0.2) is 31.8 Å². The first-order valence-corrected chi connectivity index (χ1v) is 11.2. The minimum absolute atomic E-state index is 0.195. The molecule has 0 spiro atoms. The number of sulfonamides is 1. The summed E-state index contributed by atoms with van der Waals surface area (Å²) < 4.78 is 44.7. The first-order chi connectivity index (χ1) is 13.5. The van der Waals surface area contributed by atoms with Crippen LogP contribution in [0.1, 0.15) is 29.5 Å². The van der Waals surface area contributed by atoms with Gasteiger partial charge in [0.1, 0.15) is 18.1 Å². The number of thiophene rings is 1. The predicted octanol–water partition coefficient (Wildman–Crippen LogP) is 3.56. The van der Waals surface area contributed by atoms with Crippen molar-refractivity contribution in [1.82, 2.24) is 10.1 Å². The van der Waals surface area contributed by atoms with Crippen molar-refractivity contribution in [2.75, 3.05) is 17.9 Å². The lowest BCUT2D eigenvalue weighted by Crippen LogP contribution is -2.16. The van der Waals surface area contributed by atoms with Gasteiger partial charge in [0.2, 0.25) is 11.7 Å². The Balaban J connectivity index is 1.42. The maximum absolute atomic E-state index is 12.9. The van der Waals surface area contributed by atoms with Crippen LogP contribution in [-0.2, 0) is 10.0 Å². The van der Waals surface area contributed by atoms with E-state index in [2.05, 4.69) is 14.9 Å². The van der Waals surface area contributed by atoms with E-state index < -0.39 is 10.0 Å². The number of nitrogens with one attached hydrogen (secondary N) is 1. The van der Waals surface area contributed by atoms with Gasteiger partial charge in [-0.1, -0.05) is 5.16 Å². The van der Waals surface area contributed by atoms with Gasteiger partial charge in [0.25, 0.3) is 10.0 Å². The third-order valence-electron chi connectivity index (χ3n) is 4.54. The van der Waals surface area contributed by atoms with Crippen LogP contribution in [0.15, 0.2) is 33.7 Å². The molecular weight excluding hydrogens is 402 g/mol. The second kappa shape index (κ2) is 6.49. The highest BCUT2D eigenvalue weighted by atomic mass is 32.2. The first-order valence-electron chi connectivity index (χ1n) is 8.86. The van der Waals surface area contributed by atoms with Gasteiger partial charge in [0.15, 0.2) is 11.5 Å². The van der Waals surface area contributed by atoms with Gasteiger partial charge in [0, 0.05) is 16.9 Å². The van der Waals surface area contributed by atoms with Crippen molar-refractivity contribution in [2.45, 2.75) is 30.6 Å². The van der Waals surface area contributed by atoms with Crippen molar-refractivity contribution < 1.29 is 22.4 Å². The Labute approximate surface area is 165 Å². The van der Waals surface area contributed by atoms with E-state index in [0.717, 1.165) is 12.8 Å². The molecule has 1 aliphatic carbocycles. The Kier molecular flexibility index (Phi) is 4.06. The standard InChI is InChI=1S/C18H17N3O5S2/c1-10-16(9-15(27-10)17-19-18(26-20-17)11-2-3-11)28(22,23)21-12-4-5-13-14(8-12)25-7-6-24-13/h4-5,8-9,11,21H,2-3,6-7H2,1H3. The molecule has 0 radical (unpaired) electrons. The fraction of sp³-hybridized carbons (Fsp3) is 0.333. The molecular formula is C18H17N3O5S2. The number of nitrogens with zero attached hydrogens (tertiary/aromatic N) is 2. The minimum atomic E-state index is -3.78. The third kappa shape index (κ3) is 3.22. The molecule has 2 aliphatic rings. The minimum Gasteiger partial charge on any atom is -0.486 e. The average molecular weight is 419 g/mol. The highest BCUT2D eigenvalue weighted by Gasteiger charge is 2.30. The Morgan fingerprint density at radius 3 is 2.71 bits per heavy atom. The van der Waals surface area contributed by atoms with E-state index in [1.54, 1.807) is 31.2 Å². The summed E-state index contributed by atoms with van der Waals surface area (Å²) >= 11 is 1.32. The Morgan fingerprint density at radius 1 is 1.14 bits per heavy atom. The van der Waals surface area contributed by atoms with Crippen LogP contribution in [0, 0.1) is 6.92 Å². The summed E-state index contributed by atoms with van der Waals surface area (Å²) in [6.07, 6.45) is 2.12. The number of aromatic nitrogens is 2. The molecule has 2 aromatic heterocycles. The number of aryl methyl sites for hydroxylation is 1. The molecule has 5 rings (SSSR count). The van der Waals surface area contributed by atoms with Gasteiger partial charge in [-0.05, 0) is 38.0 Å². The lowest BCUT2D eigenvalue weighted by molar-refractivity contribution is 0.171. The number of ether oxygens (including phenoxy) is 2. The van der Waals surface area contributed by atoms with E-state index in [-0.39, 0.29) is 4.90 Å². The van der Waals surface area contributed by atoms with Crippen LogP contribution in [0.4, 0.5) is 5.69 Å².